The molecule has 1 aromatic carbocycles. The van der Waals surface area contributed by atoms with E-state index >= 15 is 0 Å². The van der Waals surface area contributed by atoms with Crippen molar-refractivity contribution in [3.05, 3.63) is 29.6 Å². The maximum absolute atomic E-state index is 13.8. The molecule has 3 N–H and O–H groups in total. The van der Waals surface area contributed by atoms with E-state index in [0.717, 1.165) is 25.2 Å². The molecule has 6 heteroatoms. The van der Waals surface area contributed by atoms with E-state index in [4.69, 9.17) is 5.11 Å². The minimum atomic E-state index is -1.16. The van der Waals surface area contributed by atoms with Gasteiger partial charge in [0.1, 0.15) is 5.82 Å². The average molecular weight is 294 g/mol. The molecule has 1 amide bonds. The van der Waals surface area contributed by atoms with Crippen LogP contribution in [0.4, 0.5) is 10.1 Å². The summed E-state index contributed by atoms with van der Waals surface area (Å²) in [7, 11) is 0. The second kappa shape index (κ2) is 6.22. The third kappa shape index (κ3) is 3.21. The zero-order chi connectivity index (χ0) is 15.5. The molecule has 1 saturated heterocycles. The molecule has 5 nitrogen and oxygen atoms in total. The third-order valence-electron chi connectivity index (χ3n) is 4.18. The zero-order valence-electron chi connectivity index (χ0n) is 11.9. The van der Waals surface area contributed by atoms with Gasteiger partial charge in [-0.2, -0.15) is 0 Å². The van der Waals surface area contributed by atoms with E-state index in [1.807, 2.05) is 6.92 Å². The molecule has 0 aromatic heterocycles. The average Bonchev–Trinajstić information content (AvgIpc) is 2.49. The van der Waals surface area contributed by atoms with Gasteiger partial charge in [-0.15, -0.1) is 0 Å². The highest BCUT2D eigenvalue weighted by molar-refractivity contribution is 5.97. The first-order valence-corrected chi connectivity index (χ1v) is 7.03. The summed E-state index contributed by atoms with van der Waals surface area (Å²) in [5, 5.41) is 14.7. The van der Waals surface area contributed by atoms with E-state index in [1.54, 1.807) is 0 Å². The molecule has 21 heavy (non-hydrogen) atoms. The summed E-state index contributed by atoms with van der Waals surface area (Å²) in [6.07, 6.45) is 2.05. The van der Waals surface area contributed by atoms with Gasteiger partial charge in [-0.3, -0.25) is 4.79 Å². The van der Waals surface area contributed by atoms with Gasteiger partial charge >= 0.3 is 5.97 Å². The van der Waals surface area contributed by atoms with Gasteiger partial charge < -0.3 is 15.7 Å². The Bertz CT molecular complexity index is 554. The number of carboxylic acid groups (broad SMARTS) is 1. The number of amides is 1. The Labute approximate surface area is 122 Å². The summed E-state index contributed by atoms with van der Waals surface area (Å²) < 4.78 is 13.8. The number of carbonyl (C=O) groups excluding carboxylic acids is 1. The normalized spacial score (nSPS) is 17.2. The lowest BCUT2D eigenvalue weighted by Gasteiger charge is -2.35. The summed E-state index contributed by atoms with van der Waals surface area (Å²) in [5.74, 6) is -2.03. The summed E-state index contributed by atoms with van der Waals surface area (Å²) in [4.78, 5) is 23.4. The van der Waals surface area contributed by atoms with E-state index in [1.165, 1.54) is 6.07 Å². The predicted molar refractivity (Wildman–Crippen MR) is 76.8 cm³/mol. The Hall–Kier alpha value is -1.95. The quantitative estimate of drug-likeness (QED) is 0.796. The molecule has 0 radical (unpaired) electrons. The molecule has 1 aromatic rings. The van der Waals surface area contributed by atoms with E-state index in [-0.39, 0.29) is 17.2 Å². The van der Waals surface area contributed by atoms with Crippen LogP contribution in [-0.4, -0.2) is 30.1 Å². The van der Waals surface area contributed by atoms with E-state index in [0.29, 0.717) is 19.3 Å². The van der Waals surface area contributed by atoms with Crippen molar-refractivity contribution in [2.24, 2.45) is 5.41 Å². The van der Waals surface area contributed by atoms with Crippen LogP contribution in [0.2, 0.25) is 0 Å². The number of rotatable bonds is 4. The van der Waals surface area contributed by atoms with Gasteiger partial charge in [0.15, 0.2) is 0 Å². The molecule has 0 unspecified atom stereocenters. The number of piperidine rings is 1. The molecule has 1 aliphatic rings. The molecule has 114 valence electrons. The number of benzene rings is 1. The fraction of sp³-hybridized carbons (Fsp3) is 0.467. The molecule has 0 bridgehead atoms. The maximum Gasteiger partial charge on any atom is 0.335 e. The Morgan fingerprint density at radius 1 is 1.38 bits per heavy atom. The van der Waals surface area contributed by atoms with Crippen LogP contribution in [0.3, 0.4) is 0 Å². The minimum Gasteiger partial charge on any atom is -0.478 e. The molecule has 0 spiro atoms. The third-order valence-corrected chi connectivity index (χ3v) is 4.18. The molecule has 2 rings (SSSR count). The van der Waals surface area contributed by atoms with Crippen molar-refractivity contribution in [3.8, 4) is 0 Å². The van der Waals surface area contributed by atoms with Gasteiger partial charge in [0.05, 0.1) is 16.7 Å². The summed E-state index contributed by atoms with van der Waals surface area (Å²) in [6, 6.07) is 3.38. The molecule has 0 atom stereocenters. The fourth-order valence-corrected chi connectivity index (χ4v) is 2.66. The van der Waals surface area contributed by atoms with E-state index in [9.17, 15) is 14.0 Å². The fourth-order valence-electron chi connectivity index (χ4n) is 2.66. The smallest absolute Gasteiger partial charge is 0.335 e. The number of carboxylic acids is 1. The van der Waals surface area contributed by atoms with Gasteiger partial charge in [0.25, 0.3) is 0 Å². The van der Waals surface area contributed by atoms with E-state index in [2.05, 4.69) is 10.6 Å². The van der Waals surface area contributed by atoms with Crippen LogP contribution in [-0.2, 0) is 4.79 Å². The number of halogens is 1. The summed E-state index contributed by atoms with van der Waals surface area (Å²) in [5.41, 5.74) is -0.648. The van der Waals surface area contributed by atoms with Gasteiger partial charge in [-0.05, 0) is 50.6 Å². The SMILES string of the molecule is CCC1(C(=O)Nc2cc(C(=O)O)ccc2F)CCNCC1. The number of hydrogen-bond donors (Lipinski definition) is 3. The second-order valence-electron chi connectivity index (χ2n) is 5.34. The largest absolute Gasteiger partial charge is 0.478 e. The standard InChI is InChI=1S/C15H19FN2O3/c1-2-15(5-7-17-8-6-15)14(21)18-12-9-10(13(19)20)3-4-11(12)16/h3-4,9,17H,2,5-8H2,1H3,(H,18,21)(H,19,20). The van der Waals surface area contributed by atoms with Crippen molar-refractivity contribution in [1.29, 1.82) is 0 Å². The number of anilines is 1. The molecule has 0 saturated carbocycles. The number of aromatic carboxylic acids is 1. The van der Waals surface area contributed by atoms with Gasteiger partial charge in [-0.1, -0.05) is 6.92 Å². The maximum atomic E-state index is 13.8. The summed E-state index contributed by atoms with van der Waals surface area (Å²) in [6.45, 7) is 3.44. The number of nitrogens with one attached hydrogen (secondary N) is 2. The van der Waals surface area contributed by atoms with Crippen LogP contribution in [0.15, 0.2) is 18.2 Å². The first-order chi connectivity index (χ1) is 9.98. The van der Waals surface area contributed by atoms with Crippen molar-refractivity contribution < 1.29 is 19.1 Å². The number of hydrogen-bond acceptors (Lipinski definition) is 3. The van der Waals surface area contributed by atoms with Crippen LogP contribution in [0.1, 0.15) is 36.5 Å². The molecule has 1 fully saturated rings. The lowest BCUT2D eigenvalue weighted by atomic mass is 9.76. The van der Waals surface area contributed by atoms with Crippen molar-refractivity contribution in [3.63, 3.8) is 0 Å². The second-order valence-corrected chi connectivity index (χ2v) is 5.34. The molecular formula is C15H19FN2O3. The Morgan fingerprint density at radius 3 is 2.62 bits per heavy atom. The Balaban J connectivity index is 2.22. The zero-order valence-corrected chi connectivity index (χ0v) is 11.9. The van der Waals surface area contributed by atoms with Crippen LogP contribution in [0, 0.1) is 11.2 Å². The van der Waals surface area contributed by atoms with Crippen LogP contribution >= 0.6 is 0 Å². The van der Waals surface area contributed by atoms with Crippen molar-refractivity contribution >= 4 is 17.6 Å². The Morgan fingerprint density at radius 2 is 2.05 bits per heavy atom. The lowest BCUT2D eigenvalue weighted by Crippen LogP contribution is -2.44. The van der Waals surface area contributed by atoms with Gasteiger partial charge in [0, 0.05) is 0 Å². The summed E-state index contributed by atoms with van der Waals surface area (Å²) >= 11 is 0. The minimum absolute atomic E-state index is 0.0532. The van der Waals surface area contributed by atoms with Crippen molar-refractivity contribution in [1.82, 2.24) is 5.32 Å². The molecule has 1 heterocycles. The van der Waals surface area contributed by atoms with Crippen molar-refractivity contribution in [2.45, 2.75) is 26.2 Å². The monoisotopic (exact) mass is 294 g/mol. The van der Waals surface area contributed by atoms with E-state index < -0.39 is 17.2 Å². The van der Waals surface area contributed by atoms with Crippen molar-refractivity contribution in [2.75, 3.05) is 18.4 Å². The lowest BCUT2D eigenvalue weighted by molar-refractivity contribution is -0.127. The first-order valence-electron chi connectivity index (χ1n) is 7.03. The highest BCUT2D eigenvalue weighted by Crippen LogP contribution is 2.34. The topological polar surface area (TPSA) is 78.4 Å². The van der Waals surface area contributed by atoms with Crippen LogP contribution in [0.25, 0.3) is 0 Å². The Kier molecular flexibility index (Phi) is 4.57. The molecule has 1 aliphatic heterocycles. The van der Waals surface area contributed by atoms with Gasteiger partial charge in [-0.25, -0.2) is 9.18 Å². The molecular weight excluding hydrogens is 275 g/mol. The van der Waals surface area contributed by atoms with Crippen LogP contribution in [0.5, 0.6) is 0 Å². The first kappa shape index (κ1) is 15.4. The highest BCUT2D eigenvalue weighted by atomic mass is 19.1. The van der Waals surface area contributed by atoms with Crippen LogP contribution < -0.4 is 10.6 Å². The highest BCUT2D eigenvalue weighted by Gasteiger charge is 2.38. The van der Waals surface area contributed by atoms with Gasteiger partial charge in [0.2, 0.25) is 5.91 Å². The molecule has 0 aliphatic carbocycles. The predicted octanol–water partition coefficient (Wildman–Crippen LogP) is 2.24. The number of carbonyl (C=O) groups is 2.